The SMILES string of the molecule is CCCc1cn(-c2nnnn2C(C)CC)c(=O)n1Cc1cnccc1-c1ccc(-c2nnn[nH]2)cc1. The number of imidazole rings is 1. The Morgan fingerprint density at radius 2 is 1.83 bits per heavy atom. The first-order chi connectivity index (χ1) is 17.6. The minimum absolute atomic E-state index is 0.0699. The quantitative estimate of drug-likeness (QED) is 0.336. The summed E-state index contributed by atoms with van der Waals surface area (Å²) in [5, 5.41) is 26.1. The minimum Gasteiger partial charge on any atom is -0.291 e. The highest BCUT2D eigenvalue weighted by Gasteiger charge is 2.20. The third-order valence-corrected chi connectivity index (χ3v) is 6.31. The summed E-state index contributed by atoms with van der Waals surface area (Å²) in [4.78, 5) is 18.0. The van der Waals surface area contributed by atoms with Crippen LogP contribution in [0.5, 0.6) is 0 Å². The molecule has 36 heavy (non-hydrogen) atoms. The molecule has 0 spiro atoms. The number of aromatic nitrogens is 11. The number of aromatic amines is 1. The van der Waals surface area contributed by atoms with Crippen molar-refractivity contribution in [3.63, 3.8) is 0 Å². The van der Waals surface area contributed by atoms with Crippen LogP contribution in [0, 0.1) is 0 Å². The van der Waals surface area contributed by atoms with Gasteiger partial charge in [0.1, 0.15) is 0 Å². The molecule has 0 aliphatic carbocycles. The average molecular weight is 486 g/mol. The van der Waals surface area contributed by atoms with Crippen molar-refractivity contribution in [1.82, 2.24) is 54.9 Å². The van der Waals surface area contributed by atoms with Crippen molar-refractivity contribution in [3.05, 3.63) is 70.7 Å². The molecule has 0 radical (unpaired) electrons. The number of pyridine rings is 1. The topological polar surface area (TPSA) is 138 Å². The summed E-state index contributed by atoms with van der Waals surface area (Å²) in [5.74, 6) is 1.03. The molecule has 184 valence electrons. The van der Waals surface area contributed by atoms with Crippen LogP contribution in [-0.2, 0) is 13.0 Å². The lowest BCUT2D eigenvalue weighted by atomic mass is 10.00. The zero-order valence-corrected chi connectivity index (χ0v) is 20.4. The van der Waals surface area contributed by atoms with Crippen molar-refractivity contribution < 1.29 is 0 Å². The van der Waals surface area contributed by atoms with Crippen molar-refractivity contribution in [3.8, 4) is 28.5 Å². The van der Waals surface area contributed by atoms with E-state index in [1.807, 2.05) is 49.6 Å². The van der Waals surface area contributed by atoms with Gasteiger partial charge in [-0.25, -0.2) is 19.1 Å². The van der Waals surface area contributed by atoms with Crippen molar-refractivity contribution in [2.24, 2.45) is 0 Å². The van der Waals surface area contributed by atoms with E-state index in [0.717, 1.165) is 47.2 Å². The lowest BCUT2D eigenvalue weighted by molar-refractivity contribution is 0.456. The highest BCUT2D eigenvalue weighted by atomic mass is 16.2. The van der Waals surface area contributed by atoms with E-state index in [1.165, 1.54) is 0 Å². The Morgan fingerprint density at radius 1 is 1.03 bits per heavy atom. The molecule has 1 aromatic carbocycles. The molecule has 4 heterocycles. The van der Waals surface area contributed by atoms with Crippen LogP contribution in [0.4, 0.5) is 0 Å². The van der Waals surface area contributed by atoms with E-state index >= 15 is 0 Å². The molecular formula is C24H27N11O. The minimum atomic E-state index is -0.180. The Balaban J connectivity index is 1.53. The van der Waals surface area contributed by atoms with Crippen molar-refractivity contribution in [1.29, 1.82) is 0 Å². The molecular weight excluding hydrogens is 458 g/mol. The molecule has 1 unspecified atom stereocenters. The summed E-state index contributed by atoms with van der Waals surface area (Å²) in [5.41, 5.74) is 4.57. The molecule has 1 atom stereocenters. The summed E-state index contributed by atoms with van der Waals surface area (Å²) in [6.07, 6.45) is 7.92. The molecule has 0 bridgehead atoms. The molecule has 0 aliphatic heterocycles. The van der Waals surface area contributed by atoms with Crippen LogP contribution in [0.2, 0.25) is 0 Å². The monoisotopic (exact) mass is 485 g/mol. The highest BCUT2D eigenvalue weighted by Crippen LogP contribution is 2.26. The number of hydrogen-bond donors (Lipinski definition) is 1. The van der Waals surface area contributed by atoms with Gasteiger partial charge in [-0.1, -0.05) is 49.6 Å². The van der Waals surface area contributed by atoms with Gasteiger partial charge >= 0.3 is 5.69 Å². The van der Waals surface area contributed by atoms with E-state index in [9.17, 15) is 4.79 Å². The van der Waals surface area contributed by atoms with Crippen molar-refractivity contribution in [2.45, 2.75) is 52.6 Å². The van der Waals surface area contributed by atoms with E-state index in [1.54, 1.807) is 20.0 Å². The molecule has 0 saturated heterocycles. The summed E-state index contributed by atoms with van der Waals surface area (Å²) in [7, 11) is 0. The third-order valence-electron chi connectivity index (χ3n) is 6.31. The van der Waals surface area contributed by atoms with Gasteiger partial charge in [0.25, 0.3) is 5.95 Å². The standard InChI is InChI=1S/C24H27N11O/c1-4-6-20-15-34(23-28-31-32-35(23)16(3)5-2)24(36)33(20)14-19-13-25-12-11-21(19)17-7-9-18(10-8-17)22-26-29-30-27-22/h7-13,15-16H,4-6,14H2,1-3H3,(H,26,27,29,30). The van der Waals surface area contributed by atoms with Crippen LogP contribution in [0.25, 0.3) is 28.5 Å². The van der Waals surface area contributed by atoms with Crippen molar-refractivity contribution in [2.75, 3.05) is 0 Å². The number of hydrogen-bond acceptors (Lipinski definition) is 8. The maximum atomic E-state index is 13.6. The molecule has 0 fully saturated rings. The van der Waals surface area contributed by atoms with Gasteiger partial charge in [0.15, 0.2) is 5.82 Å². The lowest BCUT2D eigenvalue weighted by Gasteiger charge is -2.12. The zero-order valence-electron chi connectivity index (χ0n) is 20.4. The largest absolute Gasteiger partial charge is 0.335 e. The maximum absolute atomic E-state index is 13.6. The molecule has 0 saturated carbocycles. The third kappa shape index (κ3) is 4.32. The molecule has 5 rings (SSSR count). The second-order valence-corrected chi connectivity index (χ2v) is 8.65. The molecule has 1 N–H and O–H groups in total. The van der Waals surface area contributed by atoms with Crippen LogP contribution in [0.15, 0.2) is 53.7 Å². The summed E-state index contributed by atoms with van der Waals surface area (Å²) < 4.78 is 5.03. The molecule has 0 amide bonds. The van der Waals surface area contributed by atoms with Crippen LogP contribution >= 0.6 is 0 Å². The number of H-pyrrole nitrogens is 1. The Morgan fingerprint density at radius 3 is 2.56 bits per heavy atom. The predicted molar refractivity (Wildman–Crippen MR) is 132 cm³/mol. The van der Waals surface area contributed by atoms with Gasteiger partial charge < -0.3 is 0 Å². The van der Waals surface area contributed by atoms with E-state index < -0.39 is 0 Å². The van der Waals surface area contributed by atoms with Crippen molar-refractivity contribution >= 4 is 0 Å². The zero-order chi connectivity index (χ0) is 25.1. The fourth-order valence-electron chi connectivity index (χ4n) is 4.19. The van der Waals surface area contributed by atoms with Crippen LogP contribution in [-0.4, -0.2) is 54.9 Å². The van der Waals surface area contributed by atoms with Gasteiger partial charge in [-0.05, 0) is 63.4 Å². The Bertz CT molecular complexity index is 1500. The van der Waals surface area contributed by atoms with Gasteiger partial charge in [0.05, 0.1) is 12.6 Å². The van der Waals surface area contributed by atoms with Gasteiger partial charge in [-0.2, -0.15) is 0 Å². The van der Waals surface area contributed by atoms with Crippen LogP contribution in [0.1, 0.15) is 50.9 Å². The van der Waals surface area contributed by atoms with E-state index in [-0.39, 0.29) is 11.7 Å². The maximum Gasteiger partial charge on any atom is 0.335 e. The summed E-state index contributed by atoms with van der Waals surface area (Å²) in [6.45, 7) is 6.56. The van der Waals surface area contributed by atoms with E-state index in [2.05, 4.69) is 55.0 Å². The second-order valence-electron chi connectivity index (χ2n) is 8.65. The fourth-order valence-corrected chi connectivity index (χ4v) is 4.19. The Kier molecular flexibility index (Phi) is 6.48. The molecule has 12 heteroatoms. The number of aryl methyl sites for hydroxylation is 1. The fraction of sp³-hybridized carbons (Fsp3) is 0.333. The molecule has 0 aliphatic rings. The Labute approximate surface area is 207 Å². The number of nitrogens with one attached hydrogen (secondary N) is 1. The summed E-state index contributed by atoms with van der Waals surface area (Å²) >= 11 is 0. The molecule has 12 nitrogen and oxygen atoms in total. The Hall–Kier alpha value is -4.48. The number of tetrazole rings is 2. The van der Waals surface area contributed by atoms with E-state index in [4.69, 9.17) is 0 Å². The predicted octanol–water partition coefficient (Wildman–Crippen LogP) is 2.84. The van der Waals surface area contributed by atoms with Gasteiger partial charge in [-0.3, -0.25) is 9.55 Å². The first kappa shape index (κ1) is 23.3. The van der Waals surface area contributed by atoms with Crippen LogP contribution < -0.4 is 5.69 Å². The number of nitrogens with zero attached hydrogens (tertiary/aromatic N) is 10. The molecule has 5 aromatic rings. The smallest absolute Gasteiger partial charge is 0.291 e. The second kappa shape index (κ2) is 10.0. The highest BCUT2D eigenvalue weighted by molar-refractivity contribution is 5.69. The normalized spacial score (nSPS) is 12.2. The van der Waals surface area contributed by atoms with Crippen LogP contribution in [0.3, 0.4) is 0 Å². The summed E-state index contributed by atoms with van der Waals surface area (Å²) in [6, 6.07) is 9.98. The average Bonchev–Trinajstić information content (AvgIpc) is 3.67. The van der Waals surface area contributed by atoms with Gasteiger partial charge in [-0.15, -0.1) is 5.10 Å². The van der Waals surface area contributed by atoms with Gasteiger partial charge in [0.2, 0.25) is 0 Å². The van der Waals surface area contributed by atoms with E-state index in [0.29, 0.717) is 18.3 Å². The first-order valence-electron chi connectivity index (χ1n) is 12.0. The molecule has 4 aromatic heterocycles. The van der Waals surface area contributed by atoms with Gasteiger partial charge in [0, 0.05) is 29.8 Å². The number of benzene rings is 1. The first-order valence-corrected chi connectivity index (χ1v) is 12.0. The lowest BCUT2D eigenvalue weighted by Crippen LogP contribution is -2.27. The number of rotatable bonds is 9.